The Labute approximate surface area is 70.2 Å². The van der Waals surface area contributed by atoms with Crippen LogP contribution in [0.1, 0.15) is 6.92 Å². The first kappa shape index (κ1) is 10.5. The molecular weight excluding hydrogens is 136 g/mol. The van der Waals surface area contributed by atoms with Gasteiger partial charge in [-0.15, -0.1) is 5.92 Å². The molecule has 0 atom stereocenters. The minimum Gasteiger partial charge on any atom is -0.308 e. The van der Waals surface area contributed by atoms with Crippen LogP contribution in [0.2, 0.25) is 0 Å². The summed E-state index contributed by atoms with van der Waals surface area (Å²) in [4.78, 5) is 4.40. The third-order valence-electron chi connectivity index (χ3n) is 1.45. The Morgan fingerprint density at radius 2 is 1.73 bits per heavy atom. The van der Waals surface area contributed by atoms with Crippen LogP contribution in [0.5, 0.6) is 0 Å². The van der Waals surface area contributed by atoms with E-state index in [0.717, 1.165) is 19.6 Å². The molecule has 0 aromatic heterocycles. The first-order valence-corrected chi connectivity index (χ1v) is 3.89. The molecule has 0 saturated carbocycles. The molecule has 0 aliphatic heterocycles. The predicted molar refractivity (Wildman–Crippen MR) is 49.5 cm³/mol. The monoisotopic (exact) mass is 154 g/mol. The quantitative estimate of drug-likeness (QED) is 0.544. The third-order valence-corrected chi connectivity index (χ3v) is 1.45. The summed E-state index contributed by atoms with van der Waals surface area (Å²) in [6.07, 6.45) is 0. The zero-order valence-electron chi connectivity index (χ0n) is 8.02. The van der Waals surface area contributed by atoms with Crippen LogP contribution in [0.15, 0.2) is 0 Å². The Kier molecular flexibility index (Phi) is 5.91. The van der Waals surface area contributed by atoms with E-state index in [9.17, 15) is 0 Å². The maximum absolute atomic E-state index is 3.03. The summed E-state index contributed by atoms with van der Waals surface area (Å²) < 4.78 is 0. The van der Waals surface area contributed by atoms with E-state index in [1.807, 2.05) is 6.92 Å². The van der Waals surface area contributed by atoms with Crippen molar-refractivity contribution < 1.29 is 0 Å². The van der Waals surface area contributed by atoms with Gasteiger partial charge in [0.25, 0.3) is 0 Å². The SMILES string of the molecule is CC#CCN(C)CCN(C)C. The molecule has 0 radical (unpaired) electrons. The lowest BCUT2D eigenvalue weighted by molar-refractivity contribution is 0.305. The highest BCUT2D eigenvalue weighted by Gasteiger charge is 1.95. The van der Waals surface area contributed by atoms with Gasteiger partial charge in [-0.05, 0) is 28.1 Å². The molecule has 0 saturated heterocycles. The molecule has 0 amide bonds. The maximum atomic E-state index is 3.03. The number of rotatable bonds is 4. The van der Waals surface area contributed by atoms with Crippen LogP contribution in [0.3, 0.4) is 0 Å². The Hall–Kier alpha value is -0.520. The van der Waals surface area contributed by atoms with Crippen molar-refractivity contribution in [1.29, 1.82) is 0 Å². The van der Waals surface area contributed by atoms with Crippen molar-refractivity contribution in [2.24, 2.45) is 0 Å². The summed E-state index contributed by atoms with van der Waals surface area (Å²) in [6.45, 7) is 4.94. The van der Waals surface area contributed by atoms with E-state index in [4.69, 9.17) is 0 Å². The smallest absolute Gasteiger partial charge is 0.0599 e. The van der Waals surface area contributed by atoms with Gasteiger partial charge in [0.05, 0.1) is 6.54 Å². The van der Waals surface area contributed by atoms with E-state index in [1.165, 1.54) is 0 Å². The second-order valence-electron chi connectivity index (χ2n) is 2.97. The molecule has 0 N–H and O–H groups in total. The molecule has 0 aromatic rings. The number of nitrogens with zero attached hydrogens (tertiary/aromatic N) is 2. The van der Waals surface area contributed by atoms with Crippen molar-refractivity contribution in [1.82, 2.24) is 9.80 Å². The van der Waals surface area contributed by atoms with E-state index < -0.39 is 0 Å². The number of hydrogen-bond donors (Lipinski definition) is 0. The van der Waals surface area contributed by atoms with Crippen molar-refractivity contribution in [2.45, 2.75) is 6.92 Å². The highest BCUT2D eigenvalue weighted by atomic mass is 15.1. The van der Waals surface area contributed by atoms with Gasteiger partial charge >= 0.3 is 0 Å². The van der Waals surface area contributed by atoms with Crippen LogP contribution in [0.25, 0.3) is 0 Å². The molecule has 0 unspecified atom stereocenters. The Bertz CT molecular complexity index is 141. The van der Waals surface area contributed by atoms with Gasteiger partial charge in [-0.2, -0.15) is 0 Å². The molecule has 2 heteroatoms. The highest BCUT2D eigenvalue weighted by Crippen LogP contribution is 1.81. The minimum atomic E-state index is 0.879. The molecule has 0 aliphatic carbocycles. The summed E-state index contributed by atoms with van der Waals surface area (Å²) in [5, 5.41) is 0. The van der Waals surface area contributed by atoms with Crippen molar-refractivity contribution in [3.63, 3.8) is 0 Å². The van der Waals surface area contributed by atoms with Gasteiger partial charge in [0.2, 0.25) is 0 Å². The predicted octanol–water partition coefficient (Wildman–Crippen LogP) is 0.503. The number of likely N-dealkylation sites (N-methyl/N-ethyl adjacent to an activating group) is 2. The lowest BCUT2D eigenvalue weighted by atomic mass is 10.5. The molecule has 0 spiro atoms. The van der Waals surface area contributed by atoms with Crippen molar-refractivity contribution >= 4 is 0 Å². The molecule has 0 aromatic carbocycles. The molecule has 11 heavy (non-hydrogen) atoms. The van der Waals surface area contributed by atoms with Crippen LogP contribution in [0, 0.1) is 11.8 Å². The molecule has 64 valence electrons. The lowest BCUT2D eigenvalue weighted by Crippen LogP contribution is -2.28. The van der Waals surface area contributed by atoms with Gasteiger partial charge in [-0.3, -0.25) is 4.90 Å². The topological polar surface area (TPSA) is 6.48 Å². The summed E-state index contributed by atoms with van der Waals surface area (Å²) in [5.41, 5.74) is 0. The maximum Gasteiger partial charge on any atom is 0.0599 e. The van der Waals surface area contributed by atoms with Crippen molar-refractivity contribution in [2.75, 3.05) is 40.8 Å². The summed E-state index contributed by atoms with van der Waals surface area (Å²) in [5.74, 6) is 5.91. The highest BCUT2D eigenvalue weighted by molar-refractivity contribution is 4.97. The Morgan fingerprint density at radius 3 is 2.18 bits per heavy atom. The fourth-order valence-corrected chi connectivity index (χ4v) is 0.664. The van der Waals surface area contributed by atoms with Crippen LogP contribution in [0.4, 0.5) is 0 Å². The zero-order valence-corrected chi connectivity index (χ0v) is 8.02. The average Bonchev–Trinajstić information content (AvgIpc) is 1.97. The fraction of sp³-hybridized carbons (Fsp3) is 0.778. The average molecular weight is 154 g/mol. The van der Waals surface area contributed by atoms with E-state index in [0.29, 0.717) is 0 Å². The lowest BCUT2D eigenvalue weighted by Gasteiger charge is -2.16. The minimum absolute atomic E-state index is 0.879. The van der Waals surface area contributed by atoms with Gasteiger partial charge < -0.3 is 4.90 Å². The molecule has 0 aliphatic rings. The van der Waals surface area contributed by atoms with Gasteiger partial charge in [-0.1, -0.05) is 5.92 Å². The van der Waals surface area contributed by atoms with Gasteiger partial charge in [0.1, 0.15) is 0 Å². The van der Waals surface area contributed by atoms with E-state index in [2.05, 4.69) is 42.8 Å². The summed E-state index contributed by atoms with van der Waals surface area (Å²) in [7, 11) is 6.26. The van der Waals surface area contributed by atoms with Crippen LogP contribution >= 0.6 is 0 Å². The van der Waals surface area contributed by atoms with E-state index in [-0.39, 0.29) is 0 Å². The molecule has 0 fully saturated rings. The standard InChI is InChI=1S/C9H18N2/c1-5-6-7-11(4)9-8-10(2)3/h7-9H2,1-4H3. The van der Waals surface area contributed by atoms with Crippen LogP contribution < -0.4 is 0 Å². The zero-order chi connectivity index (χ0) is 8.69. The normalized spacial score (nSPS) is 10.0. The molecule has 0 heterocycles. The van der Waals surface area contributed by atoms with Gasteiger partial charge in [0.15, 0.2) is 0 Å². The summed E-state index contributed by atoms with van der Waals surface area (Å²) >= 11 is 0. The molecule has 0 rings (SSSR count). The van der Waals surface area contributed by atoms with Gasteiger partial charge in [0, 0.05) is 13.1 Å². The third kappa shape index (κ3) is 7.38. The van der Waals surface area contributed by atoms with Crippen molar-refractivity contribution in [3.8, 4) is 11.8 Å². The first-order chi connectivity index (χ1) is 5.16. The summed E-state index contributed by atoms with van der Waals surface area (Å²) in [6, 6.07) is 0. The molecule has 2 nitrogen and oxygen atoms in total. The second kappa shape index (κ2) is 6.21. The Balaban J connectivity index is 3.34. The van der Waals surface area contributed by atoms with E-state index in [1.54, 1.807) is 0 Å². The fourth-order valence-electron chi connectivity index (χ4n) is 0.664. The van der Waals surface area contributed by atoms with Crippen LogP contribution in [-0.4, -0.2) is 50.6 Å². The number of hydrogen-bond acceptors (Lipinski definition) is 2. The first-order valence-electron chi connectivity index (χ1n) is 3.89. The largest absolute Gasteiger partial charge is 0.308 e. The Morgan fingerprint density at radius 1 is 1.09 bits per heavy atom. The molecular formula is C9H18N2. The second-order valence-corrected chi connectivity index (χ2v) is 2.97. The van der Waals surface area contributed by atoms with Crippen molar-refractivity contribution in [3.05, 3.63) is 0 Å². The molecule has 0 bridgehead atoms. The van der Waals surface area contributed by atoms with Gasteiger partial charge in [-0.25, -0.2) is 0 Å². The van der Waals surface area contributed by atoms with Crippen LogP contribution in [-0.2, 0) is 0 Å². The van der Waals surface area contributed by atoms with E-state index >= 15 is 0 Å².